The monoisotopic (exact) mass is 466 g/mol. The zero-order valence-electron chi connectivity index (χ0n) is 19.6. The third kappa shape index (κ3) is 6.96. The maximum absolute atomic E-state index is 13.2. The number of amides is 2. The van der Waals surface area contributed by atoms with Crippen LogP contribution in [0.3, 0.4) is 0 Å². The zero-order chi connectivity index (χ0) is 24.9. The Morgan fingerprint density at radius 3 is 2.26 bits per heavy atom. The first-order chi connectivity index (χ1) is 16.0. The van der Waals surface area contributed by atoms with Crippen molar-refractivity contribution in [2.75, 3.05) is 16.0 Å². The highest BCUT2D eigenvalue weighted by Gasteiger charge is 2.19. The third-order valence-electron chi connectivity index (χ3n) is 4.30. The Kier molecular flexibility index (Phi) is 7.40. The molecule has 0 fully saturated rings. The van der Waals surface area contributed by atoms with Crippen LogP contribution in [0, 0.1) is 5.95 Å². The van der Waals surface area contributed by atoms with E-state index in [1.54, 1.807) is 57.2 Å². The van der Waals surface area contributed by atoms with E-state index in [9.17, 15) is 14.0 Å². The van der Waals surface area contributed by atoms with Crippen molar-refractivity contribution >= 4 is 29.2 Å². The van der Waals surface area contributed by atoms with E-state index in [-0.39, 0.29) is 11.7 Å². The second-order valence-corrected chi connectivity index (χ2v) is 8.81. The molecule has 10 heteroatoms. The Hall–Kier alpha value is -4.08. The summed E-state index contributed by atoms with van der Waals surface area (Å²) in [5.41, 5.74) is 1.28. The van der Waals surface area contributed by atoms with Crippen LogP contribution in [-0.4, -0.2) is 38.8 Å². The summed E-state index contributed by atoms with van der Waals surface area (Å²) in [4.78, 5) is 28.9. The van der Waals surface area contributed by atoms with E-state index in [1.165, 1.54) is 12.3 Å². The second kappa shape index (κ2) is 10.2. The Balaban J connectivity index is 1.89. The Morgan fingerprint density at radius 1 is 0.941 bits per heavy atom. The minimum atomic E-state index is -0.700. The number of pyridine rings is 1. The summed E-state index contributed by atoms with van der Waals surface area (Å²) in [5, 5.41) is 16.5. The van der Waals surface area contributed by atoms with E-state index < -0.39 is 23.5 Å². The molecule has 3 N–H and O–H groups in total. The molecule has 34 heavy (non-hydrogen) atoms. The fourth-order valence-electron chi connectivity index (χ4n) is 2.91. The number of benzene rings is 1. The standard InChI is InChI=1S/C24H27FN6O3/c1-14(2)27-21-11-9-18(30-31-21)22(32)28-19-12-15(16-7-10-20(25)26-13-16)6-8-17(19)29-23(33)34-24(3,4)5/h6-14H,1-5H3,(H,27,31)(H,28,32)(H,29,33). The molecule has 0 atom stereocenters. The number of rotatable bonds is 6. The van der Waals surface area contributed by atoms with Gasteiger partial charge in [-0.25, -0.2) is 9.78 Å². The maximum Gasteiger partial charge on any atom is 0.412 e. The minimum Gasteiger partial charge on any atom is -0.444 e. The fraction of sp³-hybridized carbons (Fsp3) is 0.292. The highest BCUT2D eigenvalue weighted by molar-refractivity contribution is 6.06. The van der Waals surface area contributed by atoms with Crippen LogP contribution in [0.25, 0.3) is 11.1 Å². The van der Waals surface area contributed by atoms with Gasteiger partial charge in [-0.3, -0.25) is 10.1 Å². The van der Waals surface area contributed by atoms with Crippen LogP contribution in [0.5, 0.6) is 0 Å². The Morgan fingerprint density at radius 2 is 1.68 bits per heavy atom. The molecule has 0 unspecified atom stereocenters. The van der Waals surface area contributed by atoms with Gasteiger partial charge in [0.15, 0.2) is 5.69 Å². The number of halogens is 1. The van der Waals surface area contributed by atoms with Gasteiger partial charge in [0.25, 0.3) is 5.91 Å². The smallest absolute Gasteiger partial charge is 0.412 e. The highest BCUT2D eigenvalue weighted by atomic mass is 19.1. The molecule has 0 radical (unpaired) electrons. The number of anilines is 3. The van der Waals surface area contributed by atoms with Gasteiger partial charge in [0, 0.05) is 17.8 Å². The molecular formula is C24H27FN6O3. The lowest BCUT2D eigenvalue weighted by Crippen LogP contribution is -2.27. The van der Waals surface area contributed by atoms with E-state index in [4.69, 9.17) is 4.74 Å². The molecule has 1 aromatic carbocycles. The first-order valence-electron chi connectivity index (χ1n) is 10.7. The largest absolute Gasteiger partial charge is 0.444 e. The maximum atomic E-state index is 13.2. The van der Waals surface area contributed by atoms with E-state index in [2.05, 4.69) is 31.1 Å². The molecule has 0 saturated heterocycles. The molecule has 3 rings (SSSR count). The predicted molar refractivity (Wildman–Crippen MR) is 128 cm³/mol. The SMILES string of the molecule is CC(C)Nc1ccc(C(=O)Nc2cc(-c3ccc(F)nc3)ccc2NC(=O)OC(C)(C)C)nn1. The lowest BCUT2D eigenvalue weighted by Gasteiger charge is -2.21. The second-order valence-electron chi connectivity index (χ2n) is 8.81. The van der Waals surface area contributed by atoms with Crippen LogP contribution in [0.4, 0.5) is 26.4 Å². The molecule has 2 amide bonds. The molecule has 0 aliphatic rings. The number of hydrogen-bond donors (Lipinski definition) is 3. The quantitative estimate of drug-likeness (QED) is 0.433. The summed E-state index contributed by atoms with van der Waals surface area (Å²) in [5.74, 6) is -0.579. The van der Waals surface area contributed by atoms with Gasteiger partial charge in [0.1, 0.15) is 11.4 Å². The van der Waals surface area contributed by atoms with Crippen LogP contribution in [0.2, 0.25) is 0 Å². The molecular weight excluding hydrogens is 439 g/mol. The van der Waals surface area contributed by atoms with Crippen molar-refractivity contribution < 1.29 is 18.7 Å². The van der Waals surface area contributed by atoms with Gasteiger partial charge in [-0.2, -0.15) is 4.39 Å². The molecule has 0 bridgehead atoms. The van der Waals surface area contributed by atoms with Crippen LogP contribution >= 0.6 is 0 Å². The molecule has 0 saturated carbocycles. The van der Waals surface area contributed by atoms with Crippen molar-refractivity contribution in [1.29, 1.82) is 0 Å². The van der Waals surface area contributed by atoms with Crippen molar-refractivity contribution in [2.45, 2.75) is 46.3 Å². The molecule has 3 aromatic rings. The number of hydrogen-bond acceptors (Lipinski definition) is 7. The number of aromatic nitrogens is 3. The van der Waals surface area contributed by atoms with Gasteiger partial charge < -0.3 is 15.4 Å². The molecule has 0 aliphatic heterocycles. The Bertz CT molecular complexity index is 1160. The summed E-state index contributed by atoms with van der Waals surface area (Å²) in [7, 11) is 0. The van der Waals surface area contributed by atoms with Crippen LogP contribution in [-0.2, 0) is 4.74 Å². The van der Waals surface area contributed by atoms with Gasteiger partial charge in [-0.1, -0.05) is 6.07 Å². The Labute approximate surface area is 197 Å². The molecule has 178 valence electrons. The van der Waals surface area contributed by atoms with Gasteiger partial charge in [-0.15, -0.1) is 10.2 Å². The van der Waals surface area contributed by atoms with Crippen molar-refractivity contribution in [2.24, 2.45) is 0 Å². The topological polar surface area (TPSA) is 118 Å². The van der Waals surface area contributed by atoms with Crippen molar-refractivity contribution in [1.82, 2.24) is 15.2 Å². The first-order valence-corrected chi connectivity index (χ1v) is 10.7. The lowest BCUT2D eigenvalue weighted by atomic mass is 10.1. The van der Waals surface area contributed by atoms with Crippen LogP contribution < -0.4 is 16.0 Å². The molecule has 2 aromatic heterocycles. The molecule has 2 heterocycles. The van der Waals surface area contributed by atoms with Gasteiger partial charge in [-0.05, 0) is 76.6 Å². The van der Waals surface area contributed by atoms with Crippen LogP contribution in [0.1, 0.15) is 45.1 Å². The number of ether oxygens (including phenoxy) is 1. The first kappa shape index (κ1) is 24.6. The normalized spacial score (nSPS) is 11.1. The summed E-state index contributed by atoms with van der Waals surface area (Å²) >= 11 is 0. The van der Waals surface area contributed by atoms with E-state index in [1.807, 2.05) is 13.8 Å². The van der Waals surface area contributed by atoms with Crippen molar-refractivity contribution in [3.63, 3.8) is 0 Å². The lowest BCUT2D eigenvalue weighted by molar-refractivity contribution is 0.0635. The van der Waals surface area contributed by atoms with Crippen molar-refractivity contribution in [3.8, 4) is 11.1 Å². The number of carbonyl (C=O) groups excluding carboxylic acids is 2. The van der Waals surface area contributed by atoms with Gasteiger partial charge >= 0.3 is 6.09 Å². The van der Waals surface area contributed by atoms with Crippen molar-refractivity contribution in [3.05, 3.63) is 60.3 Å². The summed E-state index contributed by atoms with van der Waals surface area (Å²) < 4.78 is 18.6. The predicted octanol–water partition coefficient (Wildman–Crippen LogP) is 5.10. The fourth-order valence-corrected chi connectivity index (χ4v) is 2.91. The van der Waals surface area contributed by atoms with Crippen LogP contribution in [0.15, 0.2) is 48.7 Å². The molecule has 9 nitrogen and oxygen atoms in total. The van der Waals surface area contributed by atoms with Gasteiger partial charge in [0.05, 0.1) is 11.4 Å². The minimum absolute atomic E-state index is 0.0892. The summed E-state index contributed by atoms with van der Waals surface area (Å²) in [6, 6.07) is 11.1. The average Bonchev–Trinajstić information content (AvgIpc) is 2.74. The summed E-state index contributed by atoms with van der Waals surface area (Å²) in [6.45, 7) is 9.17. The third-order valence-corrected chi connectivity index (χ3v) is 4.30. The van der Waals surface area contributed by atoms with Gasteiger partial charge in [0.2, 0.25) is 5.95 Å². The number of nitrogens with zero attached hydrogens (tertiary/aromatic N) is 3. The number of nitrogens with one attached hydrogen (secondary N) is 3. The van der Waals surface area contributed by atoms with E-state index in [0.29, 0.717) is 28.3 Å². The molecule has 0 spiro atoms. The zero-order valence-corrected chi connectivity index (χ0v) is 19.6. The highest BCUT2D eigenvalue weighted by Crippen LogP contribution is 2.30. The summed E-state index contributed by atoms with van der Waals surface area (Å²) in [6.07, 6.45) is 0.700. The van der Waals surface area contributed by atoms with E-state index >= 15 is 0 Å². The average molecular weight is 467 g/mol. The van der Waals surface area contributed by atoms with E-state index in [0.717, 1.165) is 0 Å². The molecule has 0 aliphatic carbocycles. The number of carbonyl (C=O) groups is 2.